The summed E-state index contributed by atoms with van der Waals surface area (Å²) in [5.41, 5.74) is 3.33. The molecule has 1 amide bonds. The summed E-state index contributed by atoms with van der Waals surface area (Å²) >= 11 is 0. The minimum atomic E-state index is -0.559. The average molecular weight is 418 g/mol. The number of amides is 1. The molecule has 6 heteroatoms. The van der Waals surface area contributed by atoms with Crippen LogP contribution in [0.5, 0.6) is 5.75 Å². The lowest BCUT2D eigenvalue weighted by molar-refractivity contribution is -0.120. The minimum Gasteiger partial charge on any atom is -0.429 e. The molecule has 3 aromatic carbocycles. The molecule has 0 bridgehead atoms. The Balaban J connectivity index is 1.65. The first-order chi connectivity index (χ1) is 14.9. The predicted molar refractivity (Wildman–Crippen MR) is 118 cm³/mol. The molecule has 1 unspecified atom stereocenters. The first-order valence-electron chi connectivity index (χ1n) is 10.1. The largest absolute Gasteiger partial charge is 0.429 e. The number of carbonyl (C=O) groups is 2. The second-order valence-corrected chi connectivity index (χ2v) is 8.23. The zero-order valence-corrected chi connectivity index (χ0v) is 17.3. The zero-order chi connectivity index (χ0) is 22.0. The molecule has 0 spiro atoms. The molecule has 2 N–H and O–H groups in total. The van der Waals surface area contributed by atoms with E-state index in [0.29, 0.717) is 17.9 Å². The van der Waals surface area contributed by atoms with E-state index >= 15 is 0 Å². The van der Waals surface area contributed by atoms with E-state index in [1.807, 2.05) is 36.4 Å². The van der Waals surface area contributed by atoms with Crippen LogP contribution in [-0.2, 0) is 10.2 Å². The number of carbonyl (C=O) groups excluding carboxylic acids is 2. The van der Waals surface area contributed by atoms with Crippen LogP contribution in [0.1, 0.15) is 47.8 Å². The van der Waals surface area contributed by atoms with E-state index < -0.39 is 11.7 Å². The summed E-state index contributed by atoms with van der Waals surface area (Å²) in [5, 5.41) is 6.40. The Morgan fingerprint density at radius 1 is 1.13 bits per heavy atom. The van der Waals surface area contributed by atoms with Crippen molar-refractivity contribution in [3.05, 3.63) is 89.2 Å². The van der Waals surface area contributed by atoms with Crippen molar-refractivity contribution in [2.45, 2.75) is 31.7 Å². The Kier molecular flexibility index (Phi) is 5.46. The van der Waals surface area contributed by atoms with Gasteiger partial charge in [-0.1, -0.05) is 44.2 Å². The van der Waals surface area contributed by atoms with Gasteiger partial charge in [-0.2, -0.15) is 0 Å². The summed E-state index contributed by atoms with van der Waals surface area (Å²) in [6, 6.07) is 18.9. The van der Waals surface area contributed by atoms with Crippen LogP contribution in [-0.4, -0.2) is 12.4 Å². The molecule has 1 heterocycles. The lowest BCUT2D eigenvalue weighted by atomic mass is 9.74. The number of anilines is 2. The molecule has 0 aliphatic carbocycles. The fourth-order valence-electron chi connectivity index (χ4n) is 4.13. The highest BCUT2D eigenvalue weighted by molar-refractivity contribution is 6.04. The first-order valence-corrected chi connectivity index (χ1v) is 10.1. The highest BCUT2D eigenvalue weighted by Crippen LogP contribution is 2.46. The van der Waals surface area contributed by atoms with Crippen LogP contribution in [0.2, 0.25) is 0 Å². The standard InChI is InChI=1S/C25H23FN2O3/c1-25(2)14-23(27-22-12-11-16(31-15-29)13-19(22)25)18-8-4-6-10-21(18)28-24(30)17-7-3-5-9-20(17)26/h3-13,15,23,27H,14H2,1-2H3,(H,28,30). The van der Waals surface area contributed by atoms with Crippen molar-refractivity contribution in [3.63, 3.8) is 0 Å². The van der Waals surface area contributed by atoms with E-state index in [-0.39, 0.29) is 17.0 Å². The van der Waals surface area contributed by atoms with Gasteiger partial charge >= 0.3 is 0 Å². The summed E-state index contributed by atoms with van der Waals surface area (Å²) in [4.78, 5) is 23.4. The number of nitrogens with one attached hydrogen (secondary N) is 2. The molecule has 4 rings (SSSR count). The molecule has 0 fully saturated rings. The van der Waals surface area contributed by atoms with Gasteiger partial charge in [0.15, 0.2) is 0 Å². The number of hydrogen-bond donors (Lipinski definition) is 2. The van der Waals surface area contributed by atoms with E-state index in [4.69, 9.17) is 4.74 Å². The molecule has 1 aliphatic rings. The van der Waals surface area contributed by atoms with E-state index in [1.165, 1.54) is 12.1 Å². The van der Waals surface area contributed by atoms with Crippen molar-refractivity contribution in [1.82, 2.24) is 0 Å². The van der Waals surface area contributed by atoms with Gasteiger partial charge in [0, 0.05) is 11.4 Å². The predicted octanol–water partition coefficient (Wildman–Crippen LogP) is 5.45. The number of benzene rings is 3. The molecule has 1 aliphatic heterocycles. The lowest BCUT2D eigenvalue weighted by Crippen LogP contribution is -2.31. The first kappa shape index (κ1) is 20.6. The fourth-order valence-corrected chi connectivity index (χ4v) is 4.13. The SMILES string of the molecule is CC1(C)CC(c2ccccc2NC(=O)c2ccccc2F)Nc2ccc(OC=O)cc21. The summed E-state index contributed by atoms with van der Waals surface area (Å²) in [7, 11) is 0. The topological polar surface area (TPSA) is 67.4 Å². The van der Waals surface area contributed by atoms with Crippen molar-refractivity contribution in [1.29, 1.82) is 0 Å². The van der Waals surface area contributed by atoms with Crippen LogP contribution >= 0.6 is 0 Å². The molecule has 0 aromatic heterocycles. The van der Waals surface area contributed by atoms with Crippen LogP contribution in [0, 0.1) is 5.82 Å². The van der Waals surface area contributed by atoms with Gasteiger partial charge in [-0.3, -0.25) is 9.59 Å². The van der Waals surface area contributed by atoms with E-state index in [0.717, 1.165) is 23.2 Å². The van der Waals surface area contributed by atoms with Gasteiger partial charge in [-0.05, 0) is 59.4 Å². The summed E-state index contributed by atoms with van der Waals surface area (Å²) in [5.74, 6) is -0.548. The van der Waals surface area contributed by atoms with E-state index in [9.17, 15) is 14.0 Å². The molecule has 0 saturated carbocycles. The molecule has 0 saturated heterocycles. The van der Waals surface area contributed by atoms with Crippen LogP contribution < -0.4 is 15.4 Å². The van der Waals surface area contributed by atoms with Crippen LogP contribution in [0.3, 0.4) is 0 Å². The molecular weight excluding hydrogens is 395 g/mol. The molecule has 3 aromatic rings. The highest BCUT2D eigenvalue weighted by Gasteiger charge is 2.34. The fraction of sp³-hybridized carbons (Fsp3) is 0.200. The Hall–Kier alpha value is -3.67. The van der Waals surface area contributed by atoms with E-state index in [1.54, 1.807) is 18.2 Å². The van der Waals surface area contributed by atoms with Gasteiger partial charge < -0.3 is 15.4 Å². The highest BCUT2D eigenvalue weighted by atomic mass is 19.1. The van der Waals surface area contributed by atoms with Gasteiger partial charge in [-0.25, -0.2) is 4.39 Å². The molecule has 1 atom stereocenters. The number of rotatable bonds is 5. The zero-order valence-electron chi connectivity index (χ0n) is 17.3. The average Bonchev–Trinajstić information content (AvgIpc) is 2.74. The van der Waals surface area contributed by atoms with Crippen LogP contribution in [0.4, 0.5) is 15.8 Å². The van der Waals surface area contributed by atoms with Gasteiger partial charge in [0.1, 0.15) is 11.6 Å². The molecule has 31 heavy (non-hydrogen) atoms. The third-order valence-electron chi connectivity index (χ3n) is 5.65. The Morgan fingerprint density at radius 2 is 1.87 bits per heavy atom. The Labute approximate surface area is 180 Å². The quantitative estimate of drug-likeness (QED) is 0.541. The van der Waals surface area contributed by atoms with E-state index in [2.05, 4.69) is 24.5 Å². The van der Waals surface area contributed by atoms with Crippen molar-refractivity contribution in [2.75, 3.05) is 10.6 Å². The Morgan fingerprint density at radius 3 is 2.65 bits per heavy atom. The summed E-state index contributed by atoms with van der Waals surface area (Å²) in [6.45, 7) is 4.68. The number of ether oxygens (including phenoxy) is 1. The second kappa shape index (κ2) is 8.22. The molecular formula is C25H23FN2O3. The second-order valence-electron chi connectivity index (χ2n) is 8.23. The van der Waals surface area contributed by atoms with Gasteiger partial charge in [0.25, 0.3) is 12.4 Å². The van der Waals surface area contributed by atoms with Crippen molar-refractivity contribution in [3.8, 4) is 5.75 Å². The summed E-state index contributed by atoms with van der Waals surface area (Å²) < 4.78 is 19.1. The number of para-hydroxylation sites is 1. The lowest BCUT2D eigenvalue weighted by Gasteiger charge is -2.39. The van der Waals surface area contributed by atoms with Crippen LogP contribution in [0.15, 0.2) is 66.7 Å². The Bertz CT molecular complexity index is 1140. The van der Waals surface area contributed by atoms with Crippen molar-refractivity contribution in [2.24, 2.45) is 0 Å². The van der Waals surface area contributed by atoms with Gasteiger partial charge in [0.2, 0.25) is 0 Å². The smallest absolute Gasteiger partial charge is 0.298 e. The maximum atomic E-state index is 14.0. The minimum absolute atomic E-state index is 0.00212. The van der Waals surface area contributed by atoms with Crippen LogP contribution in [0.25, 0.3) is 0 Å². The number of fused-ring (bicyclic) bond motifs is 1. The van der Waals surface area contributed by atoms with Gasteiger partial charge in [0.05, 0.1) is 11.6 Å². The third kappa shape index (κ3) is 4.14. The normalized spacial score (nSPS) is 16.5. The number of hydrogen-bond acceptors (Lipinski definition) is 4. The molecule has 158 valence electrons. The monoisotopic (exact) mass is 418 g/mol. The summed E-state index contributed by atoms with van der Waals surface area (Å²) in [6.07, 6.45) is 0.747. The van der Waals surface area contributed by atoms with Crippen molar-refractivity contribution >= 4 is 23.8 Å². The molecule has 5 nitrogen and oxygen atoms in total. The maximum absolute atomic E-state index is 14.0. The third-order valence-corrected chi connectivity index (χ3v) is 5.65. The number of halogens is 1. The van der Waals surface area contributed by atoms with Crippen molar-refractivity contribution < 1.29 is 18.7 Å². The molecule has 0 radical (unpaired) electrons. The van der Waals surface area contributed by atoms with Gasteiger partial charge in [-0.15, -0.1) is 0 Å². The maximum Gasteiger partial charge on any atom is 0.298 e.